The van der Waals surface area contributed by atoms with Crippen LogP contribution in [0.25, 0.3) is 11.3 Å². The first-order chi connectivity index (χ1) is 11.1. The normalized spacial score (nSPS) is 15.1. The Bertz CT molecular complexity index is 699. The van der Waals surface area contributed by atoms with Gasteiger partial charge in [-0.1, -0.05) is 12.8 Å². The fraction of sp³-hybridized carbons (Fsp3) is 0.529. The lowest BCUT2D eigenvalue weighted by Crippen LogP contribution is -2.14. The number of thiazole rings is 1. The molecule has 2 N–H and O–H groups in total. The second kappa shape index (κ2) is 6.74. The van der Waals surface area contributed by atoms with Crippen LogP contribution in [0.2, 0.25) is 0 Å². The summed E-state index contributed by atoms with van der Waals surface area (Å²) in [5.41, 5.74) is 4.07. The summed E-state index contributed by atoms with van der Waals surface area (Å²) in [6, 6.07) is 0.535. The molecule has 0 aromatic carbocycles. The molecule has 0 aliphatic heterocycles. The molecular formula is C17H23N3O2S. The summed E-state index contributed by atoms with van der Waals surface area (Å²) in [5.74, 6) is -0.289. The van der Waals surface area contributed by atoms with Crippen molar-refractivity contribution >= 4 is 22.4 Å². The molecule has 0 amide bonds. The Kier molecular flexibility index (Phi) is 4.71. The van der Waals surface area contributed by atoms with Crippen LogP contribution in [0.4, 0.5) is 5.13 Å². The van der Waals surface area contributed by atoms with Gasteiger partial charge in [0.1, 0.15) is 0 Å². The molecule has 0 unspecified atom stereocenters. The maximum absolute atomic E-state index is 12.3. The van der Waals surface area contributed by atoms with Gasteiger partial charge >= 0.3 is 5.97 Å². The van der Waals surface area contributed by atoms with Gasteiger partial charge in [-0.25, -0.2) is 9.78 Å². The first-order valence-corrected chi connectivity index (χ1v) is 9.06. The first-order valence-electron chi connectivity index (χ1n) is 8.18. The number of carbonyl (C=O) groups excluding carboxylic acids is 1. The van der Waals surface area contributed by atoms with Crippen LogP contribution in [0.3, 0.4) is 0 Å². The molecule has 2 aromatic heterocycles. The predicted octanol–water partition coefficient (Wildman–Crippen LogP) is 4.29. The van der Waals surface area contributed by atoms with Crippen molar-refractivity contribution in [2.75, 3.05) is 11.9 Å². The van der Waals surface area contributed by atoms with Gasteiger partial charge in [0.2, 0.25) is 0 Å². The van der Waals surface area contributed by atoms with Gasteiger partial charge in [-0.3, -0.25) is 0 Å². The van der Waals surface area contributed by atoms with E-state index in [1.165, 1.54) is 25.7 Å². The highest BCUT2D eigenvalue weighted by Crippen LogP contribution is 2.33. The molecule has 1 fully saturated rings. The molecule has 0 spiro atoms. The average molecular weight is 333 g/mol. The third-order valence-electron chi connectivity index (χ3n) is 4.30. The summed E-state index contributed by atoms with van der Waals surface area (Å²) < 4.78 is 5.20. The van der Waals surface area contributed by atoms with Crippen molar-refractivity contribution in [2.24, 2.45) is 0 Å². The average Bonchev–Trinajstić information content (AvgIpc) is 3.21. The monoisotopic (exact) mass is 333 g/mol. The zero-order valence-electron chi connectivity index (χ0n) is 13.9. The molecule has 0 atom stereocenters. The molecule has 2 heterocycles. The van der Waals surface area contributed by atoms with E-state index in [2.05, 4.69) is 10.3 Å². The van der Waals surface area contributed by atoms with E-state index in [1.807, 2.05) is 26.2 Å². The molecule has 3 rings (SSSR count). The van der Waals surface area contributed by atoms with Gasteiger partial charge in [0.15, 0.2) is 5.13 Å². The second-order valence-electron chi connectivity index (χ2n) is 6.01. The smallest absolute Gasteiger partial charge is 0.340 e. The van der Waals surface area contributed by atoms with Crippen LogP contribution in [0.15, 0.2) is 5.38 Å². The summed E-state index contributed by atoms with van der Waals surface area (Å²) in [7, 11) is 0. The number of rotatable bonds is 5. The van der Waals surface area contributed by atoms with Crippen molar-refractivity contribution in [3.8, 4) is 11.3 Å². The standard InChI is InChI=1S/C17H23N3O2S/c1-4-22-16(21)15-11(3)18-10(2)14(15)13-9-23-17(20-13)19-12-7-5-6-8-12/h9,12,18H,4-8H2,1-3H3,(H,19,20). The molecule has 124 valence electrons. The molecule has 2 aromatic rings. The summed E-state index contributed by atoms with van der Waals surface area (Å²) in [6.45, 7) is 6.05. The van der Waals surface area contributed by atoms with Crippen LogP contribution in [0, 0.1) is 13.8 Å². The molecule has 0 saturated heterocycles. The van der Waals surface area contributed by atoms with E-state index in [9.17, 15) is 4.79 Å². The Morgan fingerprint density at radius 3 is 2.83 bits per heavy atom. The van der Waals surface area contributed by atoms with E-state index in [-0.39, 0.29) is 5.97 Å². The Hall–Kier alpha value is -1.82. The highest BCUT2D eigenvalue weighted by Gasteiger charge is 2.24. The molecule has 1 saturated carbocycles. The first kappa shape index (κ1) is 16.1. The highest BCUT2D eigenvalue weighted by molar-refractivity contribution is 7.14. The van der Waals surface area contributed by atoms with Crippen LogP contribution in [-0.4, -0.2) is 28.6 Å². The quantitative estimate of drug-likeness (QED) is 0.801. The zero-order valence-corrected chi connectivity index (χ0v) is 14.7. The largest absolute Gasteiger partial charge is 0.462 e. The topological polar surface area (TPSA) is 67.0 Å². The number of nitrogens with zero attached hydrogens (tertiary/aromatic N) is 1. The Labute approximate surface area is 140 Å². The third kappa shape index (κ3) is 3.27. The third-order valence-corrected chi connectivity index (χ3v) is 5.07. The summed E-state index contributed by atoms with van der Waals surface area (Å²) in [6.07, 6.45) is 5.01. The minimum atomic E-state index is -0.289. The number of hydrogen-bond donors (Lipinski definition) is 2. The van der Waals surface area contributed by atoms with Crippen molar-refractivity contribution in [3.63, 3.8) is 0 Å². The fourth-order valence-electron chi connectivity index (χ4n) is 3.26. The molecule has 6 heteroatoms. The lowest BCUT2D eigenvalue weighted by atomic mass is 10.1. The molecule has 5 nitrogen and oxygen atoms in total. The minimum Gasteiger partial charge on any atom is -0.462 e. The summed E-state index contributed by atoms with van der Waals surface area (Å²) >= 11 is 1.59. The minimum absolute atomic E-state index is 0.289. The number of aromatic amines is 1. The Morgan fingerprint density at radius 2 is 2.13 bits per heavy atom. The van der Waals surface area contributed by atoms with Crippen LogP contribution in [0.1, 0.15) is 54.4 Å². The van der Waals surface area contributed by atoms with Crippen molar-refractivity contribution < 1.29 is 9.53 Å². The van der Waals surface area contributed by atoms with E-state index in [0.29, 0.717) is 18.2 Å². The Balaban J connectivity index is 1.89. The number of hydrogen-bond acceptors (Lipinski definition) is 5. The van der Waals surface area contributed by atoms with Crippen molar-refractivity contribution in [1.29, 1.82) is 0 Å². The maximum Gasteiger partial charge on any atom is 0.340 e. The SMILES string of the molecule is CCOC(=O)c1c(C)[nH]c(C)c1-c1csc(NC2CCCC2)n1. The van der Waals surface area contributed by atoms with Crippen LogP contribution < -0.4 is 5.32 Å². The van der Waals surface area contributed by atoms with E-state index in [4.69, 9.17) is 9.72 Å². The van der Waals surface area contributed by atoms with E-state index in [1.54, 1.807) is 11.3 Å². The molecule has 0 bridgehead atoms. The van der Waals surface area contributed by atoms with E-state index in [0.717, 1.165) is 27.8 Å². The molecule has 1 aliphatic rings. The van der Waals surface area contributed by atoms with Crippen LogP contribution in [-0.2, 0) is 4.74 Å². The van der Waals surface area contributed by atoms with Gasteiger partial charge in [0.05, 0.1) is 17.9 Å². The number of esters is 1. The Morgan fingerprint density at radius 1 is 1.39 bits per heavy atom. The summed E-state index contributed by atoms with van der Waals surface area (Å²) in [4.78, 5) is 20.2. The van der Waals surface area contributed by atoms with Gasteiger partial charge in [0, 0.05) is 28.4 Å². The second-order valence-corrected chi connectivity index (χ2v) is 6.87. The van der Waals surface area contributed by atoms with Crippen LogP contribution in [0.5, 0.6) is 0 Å². The van der Waals surface area contributed by atoms with Gasteiger partial charge in [-0.15, -0.1) is 11.3 Å². The maximum atomic E-state index is 12.3. The van der Waals surface area contributed by atoms with Gasteiger partial charge in [0.25, 0.3) is 0 Å². The molecule has 23 heavy (non-hydrogen) atoms. The molecule has 1 aliphatic carbocycles. The molecular weight excluding hydrogens is 310 g/mol. The lowest BCUT2D eigenvalue weighted by Gasteiger charge is -2.09. The van der Waals surface area contributed by atoms with Crippen molar-refractivity contribution in [2.45, 2.75) is 52.5 Å². The number of nitrogens with one attached hydrogen (secondary N) is 2. The van der Waals surface area contributed by atoms with Gasteiger partial charge in [-0.2, -0.15) is 0 Å². The van der Waals surface area contributed by atoms with E-state index < -0.39 is 0 Å². The van der Waals surface area contributed by atoms with Gasteiger partial charge < -0.3 is 15.0 Å². The number of H-pyrrole nitrogens is 1. The van der Waals surface area contributed by atoms with Crippen molar-refractivity contribution in [1.82, 2.24) is 9.97 Å². The fourth-order valence-corrected chi connectivity index (χ4v) is 4.04. The van der Waals surface area contributed by atoms with E-state index >= 15 is 0 Å². The number of aromatic nitrogens is 2. The number of aryl methyl sites for hydroxylation is 2. The predicted molar refractivity (Wildman–Crippen MR) is 93.2 cm³/mol. The van der Waals surface area contributed by atoms with Crippen molar-refractivity contribution in [3.05, 3.63) is 22.3 Å². The number of carbonyl (C=O) groups is 1. The lowest BCUT2D eigenvalue weighted by molar-refractivity contribution is 0.0526. The zero-order chi connectivity index (χ0) is 16.4. The molecule has 0 radical (unpaired) electrons. The number of ether oxygens (including phenoxy) is 1. The number of anilines is 1. The highest BCUT2D eigenvalue weighted by atomic mass is 32.1. The van der Waals surface area contributed by atoms with Gasteiger partial charge in [-0.05, 0) is 33.6 Å². The summed E-state index contributed by atoms with van der Waals surface area (Å²) in [5, 5.41) is 6.45. The van der Waals surface area contributed by atoms with Crippen LogP contribution >= 0.6 is 11.3 Å².